The number of rotatable bonds is 11. The molecule has 0 aromatic carbocycles. The smallest absolute Gasteiger partial charge is 0.110 e. The molecule has 0 aliphatic carbocycles. The van der Waals surface area contributed by atoms with Crippen molar-refractivity contribution in [3.8, 4) is 0 Å². The summed E-state index contributed by atoms with van der Waals surface area (Å²) < 4.78 is 8.18. The van der Waals surface area contributed by atoms with Crippen LogP contribution in [0.3, 0.4) is 0 Å². The van der Waals surface area contributed by atoms with Crippen LogP contribution in [0, 0.1) is 0 Å². The molecular formula is C16H31N3O. The van der Waals surface area contributed by atoms with E-state index in [4.69, 9.17) is 4.74 Å². The zero-order valence-electron chi connectivity index (χ0n) is 13.6. The molecule has 4 heteroatoms. The number of nitrogens with one attached hydrogen (secondary N) is 1. The van der Waals surface area contributed by atoms with Gasteiger partial charge in [0.2, 0.25) is 0 Å². The molecule has 0 fully saturated rings. The first-order valence-corrected chi connectivity index (χ1v) is 8.11. The molecule has 20 heavy (non-hydrogen) atoms. The predicted octanol–water partition coefficient (Wildman–Crippen LogP) is 3.02. The maximum absolute atomic E-state index is 5.96. The van der Waals surface area contributed by atoms with E-state index in [1.807, 2.05) is 6.20 Å². The van der Waals surface area contributed by atoms with E-state index in [-0.39, 0.29) is 6.10 Å². The van der Waals surface area contributed by atoms with Gasteiger partial charge in [-0.1, -0.05) is 20.3 Å². The first-order chi connectivity index (χ1) is 9.76. The SMILES string of the molecule is CCCNC(Cc1nccn1CC)C(CCC)OCC. The Morgan fingerprint density at radius 3 is 2.65 bits per heavy atom. The van der Waals surface area contributed by atoms with Gasteiger partial charge in [0.1, 0.15) is 5.82 Å². The third kappa shape index (κ3) is 5.25. The summed E-state index contributed by atoms with van der Waals surface area (Å²) in [4.78, 5) is 4.50. The van der Waals surface area contributed by atoms with Crippen molar-refractivity contribution < 1.29 is 4.74 Å². The molecule has 2 unspecified atom stereocenters. The van der Waals surface area contributed by atoms with E-state index < -0.39 is 0 Å². The highest BCUT2D eigenvalue weighted by Crippen LogP contribution is 2.13. The molecule has 0 radical (unpaired) electrons. The Hall–Kier alpha value is -0.870. The molecule has 1 rings (SSSR count). The van der Waals surface area contributed by atoms with Gasteiger partial charge in [-0.15, -0.1) is 0 Å². The maximum Gasteiger partial charge on any atom is 0.110 e. The lowest BCUT2D eigenvalue weighted by Gasteiger charge is -2.28. The Morgan fingerprint density at radius 1 is 1.25 bits per heavy atom. The molecule has 1 aromatic rings. The summed E-state index contributed by atoms with van der Waals surface area (Å²) in [7, 11) is 0. The summed E-state index contributed by atoms with van der Waals surface area (Å²) in [6, 6.07) is 0.350. The van der Waals surface area contributed by atoms with Crippen LogP contribution >= 0.6 is 0 Å². The second kappa shape index (κ2) is 9.94. The van der Waals surface area contributed by atoms with Gasteiger partial charge in [-0.3, -0.25) is 0 Å². The molecule has 2 atom stereocenters. The van der Waals surface area contributed by atoms with Gasteiger partial charge < -0.3 is 14.6 Å². The molecular weight excluding hydrogens is 250 g/mol. The van der Waals surface area contributed by atoms with Crippen LogP contribution in [-0.4, -0.2) is 34.8 Å². The molecule has 1 heterocycles. The number of nitrogens with zero attached hydrogens (tertiary/aromatic N) is 2. The summed E-state index contributed by atoms with van der Waals surface area (Å²) in [6.07, 6.45) is 8.56. The van der Waals surface area contributed by atoms with E-state index >= 15 is 0 Å². The third-order valence-electron chi connectivity index (χ3n) is 3.60. The van der Waals surface area contributed by atoms with Crippen LogP contribution in [0.25, 0.3) is 0 Å². The first kappa shape index (κ1) is 17.2. The van der Waals surface area contributed by atoms with Crippen molar-refractivity contribution in [2.45, 2.75) is 72.1 Å². The highest BCUT2D eigenvalue weighted by molar-refractivity contribution is 4.97. The zero-order valence-corrected chi connectivity index (χ0v) is 13.6. The quantitative estimate of drug-likeness (QED) is 0.677. The van der Waals surface area contributed by atoms with E-state index in [1.165, 1.54) is 0 Å². The number of imidazole rings is 1. The average molecular weight is 281 g/mol. The largest absolute Gasteiger partial charge is 0.377 e. The lowest BCUT2D eigenvalue weighted by molar-refractivity contribution is 0.0275. The van der Waals surface area contributed by atoms with Crippen LogP contribution in [0.4, 0.5) is 0 Å². The highest BCUT2D eigenvalue weighted by atomic mass is 16.5. The van der Waals surface area contributed by atoms with Crippen molar-refractivity contribution in [1.82, 2.24) is 14.9 Å². The Labute approximate surface area is 123 Å². The molecule has 0 aliphatic rings. The van der Waals surface area contributed by atoms with Gasteiger partial charge in [-0.05, 0) is 33.2 Å². The minimum atomic E-state index is 0.276. The van der Waals surface area contributed by atoms with E-state index in [0.717, 1.165) is 51.2 Å². The van der Waals surface area contributed by atoms with E-state index in [9.17, 15) is 0 Å². The maximum atomic E-state index is 5.96. The van der Waals surface area contributed by atoms with Crippen LogP contribution < -0.4 is 5.32 Å². The van der Waals surface area contributed by atoms with Gasteiger partial charge in [0.15, 0.2) is 0 Å². The second-order valence-corrected chi connectivity index (χ2v) is 5.18. The molecule has 0 saturated heterocycles. The average Bonchev–Trinajstić information content (AvgIpc) is 2.90. The topological polar surface area (TPSA) is 39.1 Å². The minimum Gasteiger partial charge on any atom is -0.377 e. The molecule has 0 aliphatic heterocycles. The molecule has 0 saturated carbocycles. The predicted molar refractivity (Wildman–Crippen MR) is 84.0 cm³/mol. The standard InChI is InChI=1S/C16H31N3O/c1-5-9-15(20-8-4)14(17-10-6-2)13-16-18-11-12-19(16)7-3/h11-12,14-15,17H,5-10,13H2,1-4H3. The normalized spacial score (nSPS) is 14.4. The third-order valence-corrected chi connectivity index (χ3v) is 3.60. The van der Waals surface area contributed by atoms with Crippen molar-refractivity contribution in [2.24, 2.45) is 0 Å². The molecule has 1 aromatic heterocycles. The highest BCUT2D eigenvalue weighted by Gasteiger charge is 2.22. The fourth-order valence-electron chi connectivity index (χ4n) is 2.58. The molecule has 0 amide bonds. The number of ether oxygens (including phenoxy) is 1. The van der Waals surface area contributed by atoms with Crippen LogP contribution in [0.15, 0.2) is 12.4 Å². The second-order valence-electron chi connectivity index (χ2n) is 5.18. The van der Waals surface area contributed by atoms with Gasteiger partial charge in [-0.2, -0.15) is 0 Å². The molecule has 4 nitrogen and oxygen atoms in total. The van der Waals surface area contributed by atoms with E-state index in [2.05, 4.69) is 48.8 Å². The lowest BCUT2D eigenvalue weighted by Crippen LogP contribution is -2.44. The summed E-state index contributed by atoms with van der Waals surface area (Å²) in [5.41, 5.74) is 0. The fraction of sp³-hybridized carbons (Fsp3) is 0.812. The molecule has 116 valence electrons. The van der Waals surface area contributed by atoms with Crippen molar-refractivity contribution in [1.29, 1.82) is 0 Å². The minimum absolute atomic E-state index is 0.276. The van der Waals surface area contributed by atoms with E-state index in [1.54, 1.807) is 0 Å². The number of aromatic nitrogens is 2. The number of aryl methyl sites for hydroxylation is 1. The van der Waals surface area contributed by atoms with Gasteiger partial charge in [0, 0.05) is 38.0 Å². The van der Waals surface area contributed by atoms with Crippen molar-refractivity contribution in [3.63, 3.8) is 0 Å². The molecule has 1 N–H and O–H groups in total. The Bertz CT molecular complexity index is 345. The van der Waals surface area contributed by atoms with Gasteiger partial charge >= 0.3 is 0 Å². The monoisotopic (exact) mass is 281 g/mol. The Morgan fingerprint density at radius 2 is 2.05 bits per heavy atom. The van der Waals surface area contributed by atoms with Crippen LogP contribution in [0.1, 0.15) is 52.8 Å². The van der Waals surface area contributed by atoms with Crippen molar-refractivity contribution >= 4 is 0 Å². The van der Waals surface area contributed by atoms with Crippen LogP contribution in [0.5, 0.6) is 0 Å². The van der Waals surface area contributed by atoms with E-state index in [0.29, 0.717) is 6.04 Å². The zero-order chi connectivity index (χ0) is 14.8. The molecule has 0 spiro atoms. The first-order valence-electron chi connectivity index (χ1n) is 8.11. The van der Waals surface area contributed by atoms with Gasteiger partial charge in [0.05, 0.1) is 6.10 Å². The molecule has 0 bridgehead atoms. The lowest BCUT2D eigenvalue weighted by atomic mass is 10.0. The fourth-order valence-corrected chi connectivity index (χ4v) is 2.58. The van der Waals surface area contributed by atoms with Crippen molar-refractivity contribution in [2.75, 3.05) is 13.2 Å². The summed E-state index contributed by atoms with van der Waals surface area (Å²) in [5, 5.41) is 3.65. The summed E-state index contributed by atoms with van der Waals surface area (Å²) in [5.74, 6) is 1.15. The van der Waals surface area contributed by atoms with Crippen LogP contribution in [-0.2, 0) is 17.7 Å². The van der Waals surface area contributed by atoms with Crippen molar-refractivity contribution in [3.05, 3.63) is 18.2 Å². The summed E-state index contributed by atoms with van der Waals surface area (Å²) >= 11 is 0. The Kier molecular flexibility index (Phi) is 8.54. The van der Waals surface area contributed by atoms with Gasteiger partial charge in [-0.25, -0.2) is 4.98 Å². The summed E-state index contributed by atoms with van der Waals surface area (Å²) in [6.45, 7) is 11.4. The number of hydrogen-bond acceptors (Lipinski definition) is 3. The Balaban J connectivity index is 2.75. The number of hydrogen-bond donors (Lipinski definition) is 1. The van der Waals surface area contributed by atoms with Gasteiger partial charge in [0.25, 0.3) is 0 Å². The van der Waals surface area contributed by atoms with Crippen LogP contribution in [0.2, 0.25) is 0 Å².